The van der Waals surface area contributed by atoms with Crippen LogP contribution in [-0.2, 0) is 0 Å². The Labute approximate surface area is 145 Å². The molecule has 0 radical (unpaired) electrons. The van der Waals surface area contributed by atoms with E-state index in [9.17, 15) is 5.11 Å². The lowest BCUT2D eigenvalue weighted by molar-refractivity contribution is 0.0460. The molecule has 2 nitrogen and oxygen atoms in total. The van der Waals surface area contributed by atoms with Gasteiger partial charge < -0.3 is 9.84 Å². The zero-order valence-corrected chi connectivity index (χ0v) is 14.9. The van der Waals surface area contributed by atoms with Gasteiger partial charge in [-0.2, -0.15) is 0 Å². The smallest absolute Gasteiger partial charge is 0.119 e. The van der Waals surface area contributed by atoms with Crippen molar-refractivity contribution in [3.8, 4) is 22.6 Å². The third kappa shape index (κ3) is 3.92. The van der Waals surface area contributed by atoms with E-state index < -0.39 is 0 Å². The normalized spacial score (nSPS) is 24.1. The first-order valence-corrected chi connectivity index (χ1v) is 9.09. The van der Waals surface area contributed by atoms with Crippen LogP contribution >= 0.6 is 0 Å². The molecule has 0 amide bonds. The number of hydrogen-bond acceptors (Lipinski definition) is 2. The fourth-order valence-electron chi connectivity index (χ4n) is 3.80. The third-order valence-corrected chi connectivity index (χ3v) is 5.30. The monoisotopic (exact) mass is 324 g/mol. The van der Waals surface area contributed by atoms with Gasteiger partial charge in [-0.05, 0) is 66.0 Å². The summed E-state index contributed by atoms with van der Waals surface area (Å²) in [6, 6.07) is 15.6. The summed E-state index contributed by atoms with van der Waals surface area (Å²) in [6.45, 7) is 6.96. The lowest BCUT2D eigenvalue weighted by Gasteiger charge is -2.37. The molecule has 1 saturated carbocycles. The molecule has 2 aromatic rings. The van der Waals surface area contributed by atoms with Gasteiger partial charge in [-0.3, -0.25) is 0 Å². The van der Waals surface area contributed by atoms with E-state index in [-0.39, 0.29) is 0 Å². The van der Waals surface area contributed by atoms with E-state index in [1.165, 1.54) is 12.8 Å². The molecule has 0 bridgehead atoms. The molecule has 0 spiro atoms. The van der Waals surface area contributed by atoms with E-state index in [4.69, 9.17) is 4.74 Å². The SMILES string of the molecule is CC(C)[C@@H]1CC[C@@H](C)C[C@H]1Oc1ccc(-c2ccc(O)cc2)cc1. The zero-order valence-electron chi connectivity index (χ0n) is 14.9. The number of aromatic hydroxyl groups is 1. The van der Waals surface area contributed by atoms with Crippen LogP contribution in [0.2, 0.25) is 0 Å². The molecule has 0 saturated heterocycles. The molecular weight excluding hydrogens is 296 g/mol. The Morgan fingerprint density at radius 2 is 1.50 bits per heavy atom. The molecule has 1 fully saturated rings. The van der Waals surface area contributed by atoms with Gasteiger partial charge >= 0.3 is 0 Å². The van der Waals surface area contributed by atoms with E-state index in [1.807, 2.05) is 12.1 Å². The number of hydrogen-bond donors (Lipinski definition) is 1. The minimum atomic E-state index is 0.296. The molecule has 3 atom stereocenters. The predicted octanol–water partition coefficient (Wildman–Crippen LogP) is 5.90. The lowest BCUT2D eigenvalue weighted by Crippen LogP contribution is -2.36. The summed E-state index contributed by atoms with van der Waals surface area (Å²) in [4.78, 5) is 0. The van der Waals surface area contributed by atoms with Crippen molar-refractivity contribution in [2.24, 2.45) is 17.8 Å². The highest BCUT2D eigenvalue weighted by molar-refractivity contribution is 5.64. The van der Waals surface area contributed by atoms with Crippen molar-refractivity contribution in [2.75, 3.05) is 0 Å². The van der Waals surface area contributed by atoms with Crippen molar-refractivity contribution in [1.82, 2.24) is 0 Å². The highest BCUT2D eigenvalue weighted by Crippen LogP contribution is 2.36. The molecule has 3 rings (SSSR count). The maximum absolute atomic E-state index is 9.40. The molecule has 0 aromatic heterocycles. The van der Waals surface area contributed by atoms with Crippen LogP contribution in [0, 0.1) is 17.8 Å². The van der Waals surface area contributed by atoms with E-state index in [0.29, 0.717) is 23.7 Å². The number of rotatable bonds is 4. The van der Waals surface area contributed by atoms with E-state index >= 15 is 0 Å². The van der Waals surface area contributed by atoms with Crippen LogP contribution in [0.4, 0.5) is 0 Å². The average molecular weight is 324 g/mol. The maximum Gasteiger partial charge on any atom is 0.119 e. The Morgan fingerprint density at radius 1 is 0.917 bits per heavy atom. The summed E-state index contributed by atoms with van der Waals surface area (Å²) in [5.41, 5.74) is 2.24. The summed E-state index contributed by atoms with van der Waals surface area (Å²) in [5, 5.41) is 9.40. The van der Waals surface area contributed by atoms with E-state index in [0.717, 1.165) is 29.2 Å². The maximum atomic E-state index is 9.40. The highest BCUT2D eigenvalue weighted by atomic mass is 16.5. The first-order chi connectivity index (χ1) is 11.5. The molecule has 2 aromatic carbocycles. The summed E-state index contributed by atoms with van der Waals surface area (Å²) >= 11 is 0. The van der Waals surface area contributed by atoms with Crippen LogP contribution in [0.1, 0.15) is 40.0 Å². The van der Waals surface area contributed by atoms with Gasteiger partial charge in [0.25, 0.3) is 0 Å². The van der Waals surface area contributed by atoms with Gasteiger partial charge in [0.15, 0.2) is 0 Å². The van der Waals surface area contributed by atoms with Crippen LogP contribution in [0.25, 0.3) is 11.1 Å². The second kappa shape index (κ2) is 7.29. The Kier molecular flexibility index (Phi) is 5.13. The molecule has 2 heteroatoms. The Bertz CT molecular complexity index is 643. The molecule has 0 heterocycles. The molecular formula is C22H28O2. The number of benzene rings is 2. The highest BCUT2D eigenvalue weighted by Gasteiger charge is 2.32. The fraction of sp³-hybridized carbons (Fsp3) is 0.455. The Morgan fingerprint density at radius 3 is 2.08 bits per heavy atom. The van der Waals surface area contributed by atoms with Gasteiger partial charge in [0.2, 0.25) is 0 Å². The van der Waals surface area contributed by atoms with Gasteiger partial charge in [-0.25, -0.2) is 0 Å². The molecule has 128 valence electrons. The second-order valence-electron chi connectivity index (χ2n) is 7.55. The summed E-state index contributed by atoms with van der Waals surface area (Å²) in [7, 11) is 0. The van der Waals surface area contributed by atoms with Crippen molar-refractivity contribution in [3.63, 3.8) is 0 Å². The van der Waals surface area contributed by atoms with Crippen LogP contribution in [0.5, 0.6) is 11.5 Å². The van der Waals surface area contributed by atoms with Gasteiger partial charge in [0.05, 0.1) is 0 Å². The topological polar surface area (TPSA) is 29.5 Å². The van der Waals surface area contributed by atoms with Crippen LogP contribution < -0.4 is 4.74 Å². The van der Waals surface area contributed by atoms with Crippen molar-refractivity contribution in [3.05, 3.63) is 48.5 Å². The summed E-state index contributed by atoms with van der Waals surface area (Å²) in [5.74, 6) is 3.32. The van der Waals surface area contributed by atoms with Crippen LogP contribution in [0.15, 0.2) is 48.5 Å². The molecule has 24 heavy (non-hydrogen) atoms. The Balaban J connectivity index is 1.72. The largest absolute Gasteiger partial charge is 0.508 e. The van der Waals surface area contributed by atoms with Crippen molar-refractivity contribution in [1.29, 1.82) is 0 Å². The van der Waals surface area contributed by atoms with Crippen molar-refractivity contribution in [2.45, 2.75) is 46.1 Å². The van der Waals surface area contributed by atoms with Gasteiger partial charge in [-0.1, -0.05) is 51.5 Å². The van der Waals surface area contributed by atoms with Gasteiger partial charge in [0.1, 0.15) is 17.6 Å². The van der Waals surface area contributed by atoms with Gasteiger partial charge in [0, 0.05) is 0 Å². The van der Waals surface area contributed by atoms with Crippen molar-refractivity contribution >= 4 is 0 Å². The average Bonchev–Trinajstić information content (AvgIpc) is 2.56. The molecule has 1 N–H and O–H groups in total. The molecule has 1 aliphatic rings. The third-order valence-electron chi connectivity index (χ3n) is 5.30. The second-order valence-corrected chi connectivity index (χ2v) is 7.55. The zero-order chi connectivity index (χ0) is 17.1. The van der Waals surface area contributed by atoms with Crippen LogP contribution in [0.3, 0.4) is 0 Å². The van der Waals surface area contributed by atoms with Gasteiger partial charge in [-0.15, -0.1) is 0 Å². The fourth-order valence-corrected chi connectivity index (χ4v) is 3.80. The molecule has 0 aliphatic heterocycles. The van der Waals surface area contributed by atoms with E-state index in [2.05, 4.69) is 45.0 Å². The summed E-state index contributed by atoms with van der Waals surface area (Å²) in [6.07, 6.45) is 4.08. The number of ether oxygens (including phenoxy) is 1. The molecule has 1 aliphatic carbocycles. The first-order valence-electron chi connectivity index (χ1n) is 9.09. The minimum Gasteiger partial charge on any atom is -0.508 e. The first kappa shape index (κ1) is 16.9. The lowest BCUT2D eigenvalue weighted by atomic mass is 9.75. The molecule has 0 unspecified atom stereocenters. The van der Waals surface area contributed by atoms with E-state index in [1.54, 1.807) is 12.1 Å². The number of phenols is 1. The minimum absolute atomic E-state index is 0.296. The van der Waals surface area contributed by atoms with Crippen LogP contribution in [-0.4, -0.2) is 11.2 Å². The number of phenolic OH excluding ortho intramolecular Hbond substituents is 1. The van der Waals surface area contributed by atoms with Crippen molar-refractivity contribution < 1.29 is 9.84 Å². The Hall–Kier alpha value is -1.96. The predicted molar refractivity (Wildman–Crippen MR) is 99.3 cm³/mol. The standard InChI is InChI=1S/C22H28O2/c1-15(2)21-13-4-16(3)14-22(21)24-20-11-7-18(8-12-20)17-5-9-19(23)10-6-17/h5-12,15-16,21-23H,4,13-14H2,1-3H3/t16-,21+,22-/m1/s1. The quantitative estimate of drug-likeness (QED) is 0.759. The summed E-state index contributed by atoms with van der Waals surface area (Å²) < 4.78 is 6.37.